The number of rotatable bonds is 8. The third-order valence-electron chi connectivity index (χ3n) is 2.96. The van der Waals surface area contributed by atoms with Crippen molar-refractivity contribution in [3.05, 3.63) is 0 Å². The molecule has 0 radical (unpaired) electrons. The Hall–Kier alpha value is -1.14. The van der Waals surface area contributed by atoms with Crippen molar-refractivity contribution in [3.63, 3.8) is 0 Å². The average Bonchev–Trinajstić information content (AvgIpc) is 2.23. The van der Waals surface area contributed by atoms with Crippen LogP contribution in [0.2, 0.25) is 0 Å². The molecule has 0 spiro atoms. The molecule has 0 aromatic heterocycles. The van der Waals surface area contributed by atoms with E-state index in [0.29, 0.717) is 19.3 Å². The largest absolute Gasteiger partial charge is 0.368 e. The maximum absolute atomic E-state index is 11.2. The van der Waals surface area contributed by atoms with Crippen molar-refractivity contribution in [2.24, 2.45) is 11.5 Å². The van der Waals surface area contributed by atoms with E-state index >= 15 is 0 Å². The molecule has 0 aromatic carbocycles. The Morgan fingerprint density at radius 2 is 1.88 bits per heavy atom. The number of carbonyl (C=O) groups excluding carboxylic acids is 2. The molecule has 2 atom stereocenters. The van der Waals surface area contributed by atoms with Crippen molar-refractivity contribution < 1.29 is 9.59 Å². The summed E-state index contributed by atoms with van der Waals surface area (Å²) >= 11 is 0. The maximum Gasteiger partial charge on any atom is 0.237 e. The van der Waals surface area contributed by atoms with Crippen molar-refractivity contribution in [2.45, 2.75) is 37.8 Å². The molecule has 0 bridgehead atoms. The minimum Gasteiger partial charge on any atom is -0.368 e. The smallest absolute Gasteiger partial charge is 0.237 e. The predicted octanol–water partition coefficient (Wildman–Crippen LogP) is -1.31. The molecule has 0 aromatic rings. The lowest BCUT2D eigenvalue weighted by molar-refractivity contribution is -0.123. The van der Waals surface area contributed by atoms with E-state index in [9.17, 15) is 9.59 Å². The van der Waals surface area contributed by atoms with Gasteiger partial charge in [-0.05, 0) is 40.3 Å². The van der Waals surface area contributed by atoms with Gasteiger partial charge >= 0.3 is 0 Å². The molecule has 0 aliphatic rings. The Morgan fingerprint density at radius 1 is 1.31 bits per heavy atom. The summed E-state index contributed by atoms with van der Waals surface area (Å²) < 4.78 is 0. The summed E-state index contributed by atoms with van der Waals surface area (Å²) in [6.45, 7) is 1.74. The predicted molar refractivity (Wildman–Crippen MR) is 62.6 cm³/mol. The number of likely N-dealkylation sites (N-methyl/N-ethyl adjacent to an activating group) is 2. The molecule has 0 rings (SSSR count). The van der Waals surface area contributed by atoms with Crippen LogP contribution < -0.4 is 22.1 Å². The van der Waals surface area contributed by atoms with Gasteiger partial charge in [-0.2, -0.15) is 0 Å². The molecule has 0 aliphatic carbocycles. The van der Waals surface area contributed by atoms with Crippen LogP contribution in [0.4, 0.5) is 0 Å². The van der Waals surface area contributed by atoms with E-state index in [2.05, 4.69) is 10.6 Å². The highest BCUT2D eigenvalue weighted by molar-refractivity contribution is 5.84. The summed E-state index contributed by atoms with van der Waals surface area (Å²) in [5.74, 6) is -0.775. The first-order valence-electron chi connectivity index (χ1n) is 5.32. The Morgan fingerprint density at radius 3 is 2.19 bits per heavy atom. The Kier molecular flexibility index (Phi) is 5.98. The first-order chi connectivity index (χ1) is 7.37. The van der Waals surface area contributed by atoms with Gasteiger partial charge in [0.15, 0.2) is 0 Å². The Labute approximate surface area is 96.1 Å². The third kappa shape index (κ3) is 4.16. The zero-order chi connectivity index (χ0) is 12.8. The molecule has 6 N–H and O–H groups in total. The van der Waals surface area contributed by atoms with Crippen LogP contribution in [0.25, 0.3) is 0 Å². The first kappa shape index (κ1) is 14.9. The highest BCUT2D eigenvalue weighted by atomic mass is 16.2. The zero-order valence-corrected chi connectivity index (χ0v) is 10.2. The number of carbonyl (C=O) groups is 2. The van der Waals surface area contributed by atoms with Crippen molar-refractivity contribution in [2.75, 3.05) is 14.1 Å². The van der Waals surface area contributed by atoms with Crippen molar-refractivity contribution >= 4 is 11.8 Å². The molecule has 0 saturated heterocycles. The van der Waals surface area contributed by atoms with E-state index in [0.717, 1.165) is 0 Å². The van der Waals surface area contributed by atoms with Gasteiger partial charge < -0.3 is 22.1 Å². The van der Waals surface area contributed by atoms with Gasteiger partial charge in [0, 0.05) is 0 Å². The molecule has 0 fully saturated rings. The molecular weight excluding hydrogens is 208 g/mol. The molecule has 6 nitrogen and oxygen atoms in total. The van der Waals surface area contributed by atoms with Gasteiger partial charge in [-0.25, -0.2) is 0 Å². The van der Waals surface area contributed by atoms with Crippen LogP contribution in [0, 0.1) is 0 Å². The molecule has 0 heterocycles. The minimum atomic E-state index is -0.726. The van der Waals surface area contributed by atoms with Crippen LogP contribution >= 0.6 is 0 Å². The fourth-order valence-corrected chi connectivity index (χ4v) is 1.46. The summed E-state index contributed by atoms with van der Waals surface area (Å²) in [5.41, 5.74) is 9.74. The van der Waals surface area contributed by atoms with Gasteiger partial charge in [0.25, 0.3) is 0 Å². The van der Waals surface area contributed by atoms with Crippen molar-refractivity contribution in [3.8, 4) is 0 Å². The number of primary amides is 2. The monoisotopic (exact) mass is 230 g/mol. The standard InChI is InChI=1S/C10H22N4O2/c1-10(14-3,9(12)16)6-4-5-7(13-2)8(11)15/h7,13-14H,4-6H2,1-3H3,(H2,11,15)(H2,12,16). The van der Waals surface area contributed by atoms with Gasteiger partial charge in [0.2, 0.25) is 11.8 Å². The van der Waals surface area contributed by atoms with Crippen LogP contribution in [0.1, 0.15) is 26.2 Å². The second kappa shape index (κ2) is 6.44. The maximum atomic E-state index is 11.2. The molecule has 16 heavy (non-hydrogen) atoms. The number of nitrogens with one attached hydrogen (secondary N) is 2. The topological polar surface area (TPSA) is 110 Å². The van der Waals surface area contributed by atoms with E-state index in [-0.39, 0.29) is 11.9 Å². The Balaban J connectivity index is 4.14. The van der Waals surface area contributed by atoms with Crippen LogP contribution in [0.3, 0.4) is 0 Å². The lowest BCUT2D eigenvalue weighted by atomic mass is 9.93. The lowest BCUT2D eigenvalue weighted by Crippen LogP contribution is -2.51. The number of amides is 2. The van der Waals surface area contributed by atoms with Crippen LogP contribution in [0.5, 0.6) is 0 Å². The van der Waals surface area contributed by atoms with Gasteiger partial charge in [0.1, 0.15) is 0 Å². The van der Waals surface area contributed by atoms with E-state index in [4.69, 9.17) is 11.5 Å². The lowest BCUT2D eigenvalue weighted by Gasteiger charge is -2.25. The molecule has 94 valence electrons. The first-order valence-corrected chi connectivity index (χ1v) is 5.32. The quantitative estimate of drug-likeness (QED) is 0.415. The highest BCUT2D eigenvalue weighted by Gasteiger charge is 2.28. The molecule has 0 saturated carbocycles. The molecule has 2 unspecified atom stereocenters. The summed E-state index contributed by atoms with van der Waals surface area (Å²) in [4.78, 5) is 22.1. The number of hydrogen-bond acceptors (Lipinski definition) is 4. The molecule has 6 heteroatoms. The van der Waals surface area contributed by atoms with Gasteiger partial charge in [0.05, 0.1) is 11.6 Å². The molecule has 2 amide bonds. The van der Waals surface area contributed by atoms with Crippen molar-refractivity contribution in [1.82, 2.24) is 10.6 Å². The van der Waals surface area contributed by atoms with Gasteiger partial charge in [-0.1, -0.05) is 0 Å². The van der Waals surface area contributed by atoms with Crippen LogP contribution in [-0.4, -0.2) is 37.5 Å². The highest BCUT2D eigenvalue weighted by Crippen LogP contribution is 2.13. The normalized spacial score (nSPS) is 16.4. The molecular formula is C10H22N4O2. The SMILES string of the molecule is CNC(CCCC(C)(NC)C(N)=O)C(N)=O. The average molecular weight is 230 g/mol. The second-order valence-corrected chi connectivity index (χ2v) is 4.08. The zero-order valence-electron chi connectivity index (χ0n) is 10.2. The minimum absolute atomic E-state index is 0.353. The van der Waals surface area contributed by atoms with E-state index in [1.165, 1.54) is 0 Å². The number of hydrogen-bond donors (Lipinski definition) is 4. The van der Waals surface area contributed by atoms with E-state index in [1.54, 1.807) is 21.0 Å². The van der Waals surface area contributed by atoms with Crippen LogP contribution in [0.15, 0.2) is 0 Å². The van der Waals surface area contributed by atoms with E-state index < -0.39 is 11.4 Å². The third-order valence-corrected chi connectivity index (χ3v) is 2.96. The second-order valence-electron chi connectivity index (χ2n) is 4.08. The fourth-order valence-electron chi connectivity index (χ4n) is 1.46. The summed E-state index contributed by atoms with van der Waals surface area (Å²) in [5, 5.41) is 5.71. The van der Waals surface area contributed by atoms with Gasteiger partial charge in [-0.3, -0.25) is 9.59 Å². The Bertz CT molecular complexity index is 257. The van der Waals surface area contributed by atoms with Crippen LogP contribution in [-0.2, 0) is 9.59 Å². The summed E-state index contributed by atoms with van der Waals surface area (Å²) in [6.07, 6.45) is 1.86. The molecule has 0 aliphatic heterocycles. The van der Waals surface area contributed by atoms with Gasteiger partial charge in [-0.15, -0.1) is 0 Å². The number of nitrogens with two attached hydrogens (primary N) is 2. The summed E-state index contributed by atoms with van der Waals surface area (Å²) in [7, 11) is 3.37. The van der Waals surface area contributed by atoms with E-state index in [1.807, 2.05) is 0 Å². The van der Waals surface area contributed by atoms with Crippen molar-refractivity contribution in [1.29, 1.82) is 0 Å². The fraction of sp³-hybridized carbons (Fsp3) is 0.800. The summed E-state index contributed by atoms with van der Waals surface area (Å²) in [6, 6.07) is -0.353.